The van der Waals surface area contributed by atoms with Gasteiger partial charge in [-0.15, -0.1) is 0 Å². The van der Waals surface area contributed by atoms with Crippen molar-refractivity contribution in [2.24, 2.45) is 0 Å². The molecule has 1 heteroatoms. The quantitative estimate of drug-likeness (QED) is 0.681. The van der Waals surface area contributed by atoms with Gasteiger partial charge in [-0.05, 0) is 46.0 Å². The lowest BCUT2D eigenvalue weighted by atomic mass is 9.92. The summed E-state index contributed by atoms with van der Waals surface area (Å²) in [7, 11) is 0. The maximum Gasteiger partial charge on any atom is 0.115 e. The van der Waals surface area contributed by atoms with Crippen LogP contribution in [0.25, 0.3) is 10.8 Å². The summed E-state index contributed by atoms with van der Waals surface area (Å²) in [6.07, 6.45) is 1.06. The van der Waals surface area contributed by atoms with E-state index in [0.29, 0.717) is 11.7 Å². The summed E-state index contributed by atoms with van der Waals surface area (Å²) in [6.45, 7) is 0. The third-order valence-electron chi connectivity index (χ3n) is 4.12. The molecule has 0 amide bonds. The van der Waals surface area contributed by atoms with E-state index in [1.165, 1.54) is 27.5 Å². The van der Waals surface area contributed by atoms with Crippen molar-refractivity contribution in [1.82, 2.24) is 0 Å². The number of phenols is 1. The standard InChI is InChI=1S/C18H14O/c19-15-9-7-12(8-10-15)17-11-14-5-1-3-13-4-2-6-16(17)18(13)14/h1-10,17,19H,11H2. The monoisotopic (exact) mass is 246 g/mol. The molecule has 0 radical (unpaired) electrons. The van der Waals surface area contributed by atoms with Crippen molar-refractivity contribution in [2.75, 3.05) is 0 Å². The molecule has 0 aromatic heterocycles. The van der Waals surface area contributed by atoms with Crippen LogP contribution in [-0.4, -0.2) is 5.11 Å². The Kier molecular flexibility index (Phi) is 2.16. The van der Waals surface area contributed by atoms with Crippen LogP contribution in [0.4, 0.5) is 0 Å². The summed E-state index contributed by atoms with van der Waals surface area (Å²) in [5.74, 6) is 0.749. The Morgan fingerprint density at radius 2 is 1.58 bits per heavy atom. The number of hydrogen-bond donors (Lipinski definition) is 1. The van der Waals surface area contributed by atoms with E-state index in [0.717, 1.165) is 6.42 Å². The fourth-order valence-corrected chi connectivity index (χ4v) is 3.24. The van der Waals surface area contributed by atoms with E-state index in [4.69, 9.17) is 0 Å². The molecule has 92 valence electrons. The normalized spacial score (nSPS) is 16.9. The lowest BCUT2D eigenvalue weighted by molar-refractivity contribution is 0.475. The van der Waals surface area contributed by atoms with Gasteiger partial charge in [0.2, 0.25) is 0 Å². The topological polar surface area (TPSA) is 20.2 Å². The number of phenolic OH excluding ortho intramolecular Hbond substituents is 1. The molecule has 0 bridgehead atoms. The van der Waals surface area contributed by atoms with Crippen molar-refractivity contribution in [2.45, 2.75) is 12.3 Å². The van der Waals surface area contributed by atoms with Crippen LogP contribution in [0.1, 0.15) is 22.6 Å². The Bertz CT molecular complexity index is 751. The highest BCUT2D eigenvalue weighted by Crippen LogP contribution is 2.41. The predicted molar refractivity (Wildman–Crippen MR) is 77.6 cm³/mol. The van der Waals surface area contributed by atoms with E-state index in [-0.39, 0.29) is 0 Å². The van der Waals surface area contributed by atoms with Crippen LogP contribution in [0.5, 0.6) is 5.75 Å². The number of benzene rings is 3. The van der Waals surface area contributed by atoms with Gasteiger partial charge in [0, 0.05) is 5.92 Å². The van der Waals surface area contributed by atoms with Crippen molar-refractivity contribution in [3.8, 4) is 5.75 Å². The van der Waals surface area contributed by atoms with Gasteiger partial charge in [-0.2, -0.15) is 0 Å². The Hall–Kier alpha value is -2.28. The van der Waals surface area contributed by atoms with E-state index >= 15 is 0 Å². The second-order valence-corrected chi connectivity index (χ2v) is 5.21. The summed E-state index contributed by atoms with van der Waals surface area (Å²) < 4.78 is 0. The smallest absolute Gasteiger partial charge is 0.115 e. The van der Waals surface area contributed by atoms with Gasteiger partial charge < -0.3 is 5.11 Å². The van der Waals surface area contributed by atoms with Gasteiger partial charge in [0.25, 0.3) is 0 Å². The van der Waals surface area contributed by atoms with Gasteiger partial charge in [0.1, 0.15) is 5.75 Å². The maximum absolute atomic E-state index is 9.43. The summed E-state index contributed by atoms with van der Waals surface area (Å²) in [5.41, 5.74) is 4.13. The first-order chi connectivity index (χ1) is 9.33. The van der Waals surface area contributed by atoms with Crippen molar-refractivity contribution >= 4 is 10.8 Å². The number of aromatic hydroxyl groups is 1. The third kappa shape index (κ3) is 1.55. The van der Waals surface area contributed by atoms with Gasteiger partial charge in [-0.25, -0.2) is 0 Å². The molecule has 0 fully saturated rings. The lowest BCUT2D eigenvalue weighted by Crippen LogP contribution is -1.98. The molecule has 3 aromatic carbocycles. The molecule has 3 aromatic rings. The van der Waals surface area contributed by atoms with E-state index in [9.17, 15) is 5.11 Å². The van der Waals surface area contributed by atoms with Crippen LogP contribution in [0.15, 0.2) is 60.7 Å². The molecule has 4 rings (SSSR count). The summed E-state index contributed by atoms with van der Waals surface area (Å²) in [5, 5.41) is 12.2. The molecule has 0 spiro atoms. The zero-order chi connectivity index (χ0) is 12.8. The Balaban J connectivity index is 1.92. The molecule has 0 saturated heterocycles. The molecule has 1 N–H and O–H groups in total. The summed E-state index contributed by atoms with van der Waals surface area (Å²) in [4.78, 5) is 0. The van der Waals surface area contributed by atoms with Gasteiger partial charge in [-0.3, -0.25) is 0 Å². The minimum Gasteiger partial charge on any atom is -0.508 e. The van der Waals surface area contributed by atoms with E-state index in [1.54, 1.807) is 12.1 Å². The second-order valence-electron chi connectivity index (χ2n) is 5.21. The molecule has 1 unspecified atom stereocenters. The molecule has 0 aliphatic heterocycles. The number of rotatable bonds is 1. The van der Waals surface area contributed by atoms with Gasteiger partial charge in [0.15, 0.2) is 0 Å². The van der Waals surface area contributed by atoms with Crippen molar-refractivity contribution in [3.63, 3.8) is 0 Å². The highest BCUT2D eigenvalue weighted by molar-refractivity contribution is 5.92. The average Bonchev–Trinajstić information content (AvgIpc) is 2.82. The molecule has 1 nitrogen and oxygen atoms in total. The Morgan fingerprint density at radius 3 is 2.37 bits per heavy atom. The van der Waals surface area contributed by atoms with Crippen LogP contribution >= 0.6 is 0 Å². The van der Waals surface area contributed by atoms with Crippen molar-refractivity contribution < 1.29 is 5.11 Å². The minimum atomic E-state index is 0.331. The molecular weight excluding hydrogens is 232 g/mol. The molecule has 19 heavy (non-hydrogen) atoms. The first-order valence-corrected chi connectivity index (χ1v) is 6.62. The van der Waals surface area contributed by atoms with Crippen LogP contribution in [0.2, 0.25) is 0 Å². The van der Waals surface area contributed by atoms with E-state index < -0.39 is 0 Å². The largest absolute Gasteiger partial charge is 0.508 e. The average molecular weight is 246 g/mol. The molecular formula is C18H14O. The van der Waals surface area contributed by atoms with Crippen LogP contribution in [0.3, 0.4) is 0 Å². The molecule has 0 saturated carbocycles. The Labute approximate surface area is 112 Å². The SMILES string of the molecule is Oc1ccc(C2Cc3cccc4cccc2c34)cc1. The zero-order valence-electron chi connectivity index (χ0n) is 10.5. The predicted octanol–water partition coefficient (Wildman–Crippen LogP) is 4.23. The summed E-state index contributed by atoms with van der Waals surface area (Å²) in [6, 6.07) is 20.7. The summed E-state index contributed by atoms with van der Waals surface area (Å²) >= 11 is 0. The van der Waals surface area contributed by atoms with Crippen LogP contribution in [0, 0.1) is 0 Å². The Morgan fingerprint density at radius 1 is 0.842 bits per heavy atom. The molecule has 1 aliphatic carbocycles. The van der Waals surface area contributed by atoms with E-state index in [2.05, 4.69) is 36.4 Å². The molecule has 0 heterocycles. The van der Waals surface area contributed by atoms with Crippen LogP contribution < -0.4 is 0 Å². The van der Waals surface area contributed by atoms with Crippen LogP contribution in [-0.2, 0) is 6.42 Å². The third-order valence-corrected chi connectivity index (χ3v) is 4.12. The van der Waals surface area contributed by atoms with E-state index in [1.807, 2.05) is 12.1 Å². The molecule has 1 atom stereocenters. The zero-order valence-corrected chi connectivity index (χ0v) is 10.5. The first kappa shape index (κ1) is 10.6. The van der Waals surface area contributed by atoms with Gasteiger partial charge in [0.05, 0.1) is 0 Å². The van der Waals surface area contributed by atoms with Crippen molar-refractivity contribution in [3.05, 3.63) is 77.4 Å². The van der Waals surface area contributed by atoms with Gasteiger partial charge >= 0.3 is 0 Å². The van der Waals surface area contributed by atoms with Crippen molar-refractivity contribution in [1.29, 1.82) is 0 Å². The maximum atomic E-state index is 9.43. The fraction of sp³-hybridized carbons (Fsp3) is 0.111. The second kappa shape index (κ2) is 3.86. The minimum absolute atomic E-state index is 0.331. The lowest BCUT2D eigenvalue weighted by Gasteiger charge is -2.12. The highest BCUT2D eigenvalue weighted by atomic mass is 16.3. The molecule has 1 aliphatic rings. The van der Waals surface area contributed by atoms with Gasteiger partial charge in [-0.1, -0.05) is 48.5 Å². The highest BCUT2D eigenvalue weighted by Gasteiger charge is 2.25. The number of hydrogen-bond acceptors (Lipinski definition) is 1. The fourth-order valence-electron chi connectivity index (χ4n) is 3.24. The first-order valence-electron chi connectivity index (χ1n) is 6.62.